The van der Waals surface area contributed by atoms with Gasteiger partial charge in [-0.2, -0.15) is 5.10 Å². The quantitative estimate of drug-likeness (QED) is 0.868. The van der Waals surface area contributed by atoms with Crippen LogP contribution < -0.4 is 5.32 Å². The Kier molecular flexibility index (Phi) is 3.39. The van der Waals surface area contributed by atoms with Gasteiger partial charge < -0.3 is 10.4 Å². The maximum absolute atomic E-state index is 10.9. The van der Waals surface area contributed by atoms with Crippen molar-refractivity contribution in [2.45, 2.75) is 76.6 Å². The van der Waals surface area contributed by atoms with E-state index in [4.69, 9.17) is 0 Å². The number of hydrogen-bond acceptors (Lipinski definition) is 3. The summed E-state index contributed by atoms with van der Waals surface area (Å²) >= 11 is 0. The third-order valence-electron chi connectivity index (χ3n) is 4.67. The van der Waals surface area contributed by atoms with Crippen molar-refractivity contribution in [3.8, 4) is 0 Å². The van der Waals surface area contributed by atoms with E-state index in [-0.39, 0.29) is 0 Å². The molecule has 19 heavy (non-hydrogen) atoms. The summed E-state index contributed by atoms with van der Waals surface area (Å²) in [7, 11) is 0. The second-order valence-corrected chi connectivity index (χ2v) is 6.24. The Morgan fingerprint density at radius 2 is 2.05 bits per heavy atom. The Morgan fingerprint density at radius 3 is 2.63 bits per heavy atom. The van der Waals surface area contributed by atoms with Crippen molar-refractivity contribution in [3.63, 3.8) is 0 Å². The van der Waals surface area contributed by atoms with Gasteiger partial charge in [0.25, 0.3) is 0 Å². The minimum absolute atomic E-state index is 0.521. The van der Waals surface area contributed by atoms with Crippen LogP contribution in [0.1, 0.15) is 50.9 Å². The molecule has 1 aromatic rings. The molecule has 2 saturated heterocycles. The Morgan fingerprint density at radius 1 is 1.37 bits per heavy atom. The van der Waals surface area contributed by atoms with E-state index in [1.165, 1.54) is 18.5 Å². The minimum atomic E-state index is -0.533. The van der Waals surface area contributed by atoms with Crippen LogP contribution in [0.25, 0.3) is 0 Å². The monoisotopic (exact) mass is 263 g/mol. The second-order valence-electron chi connectivity index (χ2n) is 6.24. The first kappa shape index (κ1) is 13.1. The fraction of sp³-hybridized carbons (Fsp3) is 0.800. The molecule has 2 fully saturated rings. The average Bonchev–Trinajstić information content (AvgIpc) is 2.92. The summed E-state index contributed by atoms with van der Waals surface area (Å²) in [6.45, 7) is 5.13. The lowest BCUT2D eigenvalue weighted by Gasteiger charge is -2.37. The van der Waals surface area contributed by atoms with Gasteiger partial charge in [-0.05, 0) is 45.1 Å². The second kappa shape index (κ2) is 4.91. The van der Waals surface area contributed by atoms with E-state index in [9.17, 15) is 5.11 Å². The van der Waals surface area contributed by atoms with Gasteiger partial charge in [-0.15, -0.1) is 0 Å². The molecular formula is C15H25N3O. The molecule has 0 saturated carbocycles. The standard InChI is InChI=1S/C15H25N3O/c1-3-11-7-14(18(4-2)17-11)10-15(19)8-12-5-6-13(9-15)16-12/h7,12-13,16,19H,3-6,8-10H2,1-2H3. The number of nitrogens with one attached hydrogen (secondary N) is 1. The third kappa shape index (κ3) is 2.56. The topological polar surface area (TPSA) is 50.1 Å². The molecule has 2 bridgehead atoms. The van der Waals surface area contributed by atoms with Gasteiger partial charge in [-0.25, -0.2) is 0 Å². The summed E-state index contributed by atoms with van der Waals surface area (Å²) in [5.41, 5.74) is 1.80. The van der Waals surface area contributed by atoms with Crippen LogP contribution in [0.5, 0.6) is 0 Å². The molecule has 4 heteroatoms. The van der Waals surface area contributed by atoms with Gasteiger partial charge in [0.15, 0.2) is 0 Å². The summed E-state index contributed by atoms with van der Waals surface area (Å²) < 4.78 is 2.06. The molecule has 0 amide bonds. The van der Waals surface area contributed by atoms with Gasteiger partial charge in [0.05, 0.1) is 11.3 Å². The van der Waals surface area contributed by atoms with Crippen LogP contribution in [0.4, 0.5) is 0 Å². The van der Waals surface area contributed by atoms with E-state index in [0.717, 1.165) is 37.9 Å². The average molecular weight is 263 g/mol. The van der Waals surface area contributed by atoms with Crippen LogP contribution in [0.3, 0.4) is 0 Å². The van der Waals surface area contributed by atoms with Gasteiger partial charge >= 0.3 is 0 Å². The first-order valence-corrected chi connectivity index (χ1v) is 7.66. The zero-order valence-corrected chi connectivity index (χ0v) is 12.0. The highest BCUT2D eigenvalue weighted by atomic mass is 16.3. The lowest BCUT2D eigenvalue weighted by molar-refractivity contribution is -0.00767. The van der Waals surface area contributed by atoms with Crippen LogP contribution in [0.2, 0.25) is 0 Å². The van der Waals surface area contributed by atoms with Crippen molar-refractivity contribution < 1.29 is 5.11 Å². The number of aliphatic hydroxyl groups is 1. The van der Waals surface area contributed by atoms with Crippen molar-refractivity contribution in [2.24, 2.45) is 0 Å². The van der Waals surface area contributed by atoms with Crippen LogP contribution >= 0.6 is 0 Å². The maximum Gasteiger partial charge on any atom is 0.0732 e. The molecule has 2 N–H and O–H groups in total. The molecule has 0 aromatic carbocycles. The molecule has 0 spiro atoms. The van der Waals surface area contributed by atoms with Gasteiger partial charge in [0, 0.05) is 30.7 Å². The normalized spacial score (nSPS) is 33.8. The smallest absolute Gasteiger partial charge is 0.0732 e. The number of aromatic nitrogens is 2. The van der Waals surface area contributed by atoms with Crippen molar-refractivity contribution in [1.29, 1.82) is 0 Å². The van der Waals surface area contributed by atoms with E-state index in [1.807, 2.05) is 0 Å². The first-order valence-electron chi connectivity index (χ1n) is 7.66. The van der Waals surface area contributed by atoms with Gasteiger partial charge in [0.2, 0.25) is 0 Å². The summed E-state index contributed by atoms with van der Waals surface area (Å²) in [6.07, 6.45) is 5.94. The highest BCUT2D eigenvalue weighted by Crippen LogP contribution is 2.36. The molecule has 3 heterocycles. The lowest BCUT2D eigenvalue weighted by Crippen LogP contribution is -2.49. The zero-order chi connectivity index (χ0) is 13.5. The number of rotatable bonds is 4. The molecule has 2 aliphatic heterocycles. The molecular weight excluding hydrogens is 238 g/mol. The molecule has 1 aromatic heterocycles. The summed E-state index contributed by atoms with van der Waals surface area (Å²) in [5, 5.41) is 19.1. The molecule has 4 nitrogen and oxygen atoms in total. The summed E-state index contributed by atoms with van der Waals surface area (Å²) in [5.74, 6) is 0. The predicted molar refractivity (Wildman–Crippen MR) is 75.1 cm³/mol. The fourth-order valence-electron chi connectivity index (χ4n) is 3.81. The van der Waals surface area contributed by atoms with E-state index >= 15 is 0 Å². The number of fused-ring (bicyclic) bond motifs is 2. The molecule has 2 unspecified atom stereocenters. The lowest BCUT2D eigenvalue weighted by atomic mass is 9.83. The number of hydrogen-bond donors (Lipinski definition) is 2. The number of piperidine rings is 1. The van der Waals surface area contributed by atoms with Crippen molar-refractivity contribution in [3.05, 3.63) is 17.5 Å². The van der Waals surface area contributed by atoms with E-state index in [1.54, 1.807) is 0 Å². The molecule has 3 rings (SSSR count). The van der Waals surface area contributed by atoms with E-state index in [0.29, 0.717) is 12.1 Å². The highest BCUT2D eigenvalue weighted by Gasteiger charge is 2.42. The SMILES string of the molecule is CCc1cc(CC2(O)CC3CCC(C2)N3)n(CC)n1. The summed E-state index contributed by atoms with van der Waals surface area (Å²) in [6, 6.07) is 3.21. The Labute approximate surface area is 115 Å². The molecule has 106 valence electrons. The Balaban J connectivity index is 1.78. The Bertz CT molecular complexity index is 442. The van der Waals surface area contributed by atoms with Crippen LogP contribution in [-0.2, 0) is 19.4 Å². The van der Waals surface area contributed by atoms with Crippen LogP contribution in [0, 0.1) is 0 Å². The van der Waals surface area contributed by atoms with Gasteiger partial charge in [-0.1, -0.05) is 6.92 Å². The molecule has 0 aliphatic carbocycles. The van der Waals surface area contributed by atoms with Crippen molar-refractivity contribution in [2.75, 3.05) is 0 Å². The molecule has 2 atom stereocenters. The Hall–Kier alpha value is -0.870. The first-order chi connectivity index (χ1) is 9.12. The molecule has 0 radical (unpaired) electrons. The summed E-state index contributed by atoms with van der Waals surface area (Å²) in [4.78, 5) is 0. The van der Waals surface area contributed by atoms with Crippen molar-refractivity contribution >= 4 is 0 Å². The minimum Gasteiger partial charge on any atom is -0.389 e. The maximum atomic E-state index is 10.9. The van der Waals surface area contributed by atoms with Crippen molar-refractivity contribution in [1.82, 2.24) is 15.1 Å². The number of nitrogens with zero attached hydrogens (tertiary/aromatic N) is 2. The third-order valence-corrected chi connectivity index (χ3v) is 4.67. The van der Waals surface area contributed by atoms with Crippen LogP contribution in [-0.4, -0.2) is 32.6 Å². The zero-order valence-electron chi connectivity index (χ0n) is 12.0. The number of aryl methyl sites for hydroxylation is 2. The largest absolute Gasteiger partial charge is 0.389 e. The predicted octanol–water partition coefficient (Wildman–Crippen LogP) is 1.65. The fourth-order valence-corrected chi connectivity index (χ4v) is 3.81. The van der Waals surface area contributed by atoms with Crippen LogP contribution in [0.15, 0.2) is 6.07 Å². The van der Waals surface area contributed by atoms with E-state index in [2.05, 4.69) is 35.0 Å². The van der Waals surface area contributed by atoms with Gasteiger partial charge in [0.1, 0.15) is 0 Å². The highest BCUT2D eigenvalue weighted by molar-refractivity contribution is 5.15. The van der Waals surface area contributed by atoms with Gasteiger partial charge in [-0.3, -0.25) is 4.68 Å². The van der Waals surface area contributed by atoms with E-state index < -0.39 is 5.60 Å². The molecule has 2 aliphatic rings.